The van der Waals surface area contributed by atoms with Gasteiger partial charge in [-0.2, -0.15) is 0 Å². The van der Waals surface area contributed by atoms with Crippen molar-refractivity contribution < 1.29 is 14.3 Å². The first-order valence-corrected chi connectivity index (χ1v) is 15.3. The fourth-order valence-corrected chi connectivity index (χ4v) is 5.39. The molecule has 0 saturated carbocycles. The predicted octanol–water partition coefficient (Wildman–Crippen LogP) is 6.67. The van der Waals surface area contributed by atoms with E-state index in [-0.39, 0.29) is 11.9 Å². The van der Waals surface area contributed by atoms with Crippen LogP contribution in [0.2, 0.25) is 0 Å². The molecule has 0 atom stereocenters. The van der Waals surface area contributed by atoms with Crippen molar-refractivity contribution in [3.63, 3.8) is 0 Å². The highest BCUT2D eigenvalue weighted by Crippen LogP contribution is 2.30. The van der Waals surface area contributed by atoms with E-state index in [0.29, 0.717) is 42.6 Å². The Labute approximate surface area is 242 Å². The summed E-state index contributed by atoms with van der Waals surface area (Å²) >= 11 is 1.65. The number of rotatable bonds is 12. The molecule has 0 unspecified atom stereocenters. The minimum Gasteiger partial charge on any atom is -0.382 e. The molecule has 0 aliphatic carbocycles. The van der Waals surface area contributed by atoms with Crippen LogP contribution in [-0.2, 0) is 11.2 Å². The van der Waals surface area contributed by atoms with Crippen LogP contribution in [0.25, 0.3) is 0 Å². The van der Waals surface area contributed by atoms with Crippen LogP contribution in [0, 0.1) is 5.92 Å². The molecule has 7 nitrogen and oxygen atoms in total. The number of carbonyl (C=O) groups excluding carboxylic acids is 2. The lowest BCUT2D eigenvalue weighted by Crippen LogP contribution is -2.36. The molecule has 8 heteroatoms. The van der Waals surface area contributed by atoms with Crippen LogP contribution in [0.4, 0.5) is 21.9 Å². The van der Waals surface area contributed by atoms with E-state index in [9.17, 15) is 9.59 Å². The van der Waals surface area contributed by atoms with Crippen molar-refractivity contribution in [1.82, 2.24) is 5.32 Å². The molecular weight excluding hydrogens is 520 g/mol. The molecule has 40 heavy (non-hydrogen) atoms. The summed E-state index contributed by atoms with van der Waals surface area (Å²) in [5.41, 5.74) is 4.12. The number of thioether (sulfide) groups is 1. The summed E-state index contributed by atoms with van der Waals surface area (Å²) in [6, 6.07) is 23.6. The monoisotopic (exact) mass is 560 g/mol. The molecule has 1 fully saturated rings. The minimum atomic E-state index is -0.352. The normalized spacial score (nSPS) is 13.6. The SMILES string of the molecule is CCOCCCNC(=O)c1cc(NC(=O)Nc2ccc(SC)cc2)ccc1N1CCC(Cc2ccccc2)CC1. The number of hydrogen-bond acceptors (Lipinski definition) is 5. The summed E-state index contributed by atoms with van der Waals surface area (Å²) < 4.78 is 5.40. The van der Waals surface area contributed by atoms with E-state index in [2.05, 4.69) is 51.2 Å². The van der Waals surface area contributed by atoms with Crippen molar-refractivity contribution in [2.45, 2.75) is 37.5 Å². The standard InChI is InChI=1S/C32H40N4O3S/c1-3-39-21-7-18-33-31(37)29-23-27(35-32(38)34-26-10-13-28(40-2)14-11-26)12-15-30(29)36-19-16-25(17-20-36)22-24-8-5-4-6-9-24/h4-6,8-15,23,25H,3,7,16-22H2,1-2H3,(H,33,37)(H2,34,35,38). The molecule has 3 aromatic rings. The van der Waals surface area contributed by atoms with Crippen molar-refractivity contribution in [2.75, 3.05) is 54.6 Å². The van der Waals surface area contributed by atoms with Gasteiger partial charge in [-0.3, -0.25) is 4.79 Å². The maximum Gasteiger partial charge on any atom is 0.323 e. The van der Waals surface area contributed by atoms with Crippen molar-refractivity contribution in [1.29, 1.82) is 0 Å². The summed E-state index contributed by atoms with van der Waals surface area (Å²) in [4.78, 5) is 29.5. The number of nitrogens with one attached hydrogen (secondary N) is 3. The molecule has 3 aromatic carbocycles. The van der Waals surface area contributed by atoms with E-state index >= 15 is 0 Å². The maximum absolute atomic E-state index is 13.3. The largest absolute Gasteiger partial charge is 0.382 e. The molecule has 3 N–H and O–H groups in total. The van der Waals surface area contributed by atoms with Gasteiger partial charge in [0.1, 0.15) is 0 Å². The van der Waals surface area contributed by atoms with Gasteiger partial charge < -0.3 is 25.6 Å². The van der Waals surface area contributed by atoms with Gasteiger partial charge in [0.25, 0.3) is 5.91 Å². The summed E-state index contributed by atoms with van der Waals surface area (Å²) in [7, 11) is 0. The van der Waals surface area contributed by atoms with Gasteiger partial charge in [0.2, 0.25) is 0 Å². The van der Waals surface area contributed by atoms with Crippen LogP contribution in [0.3, 0.4) is 0 Å². The number of carbonyl (C=O) groups is 2. The molecule has 0 spiro atoms. The zero-order valence-electron chi connectivity index (χ0n) is 23.4. The number of ether oxygens (including phenoxy) is 1. The van der Waals surface area contributed by atoms with Crippen molar-refractivity contribution in [2.24, 2.45) is 5.92 Å². The van der Waals surface area contributed by atoms with Gasteiger partial charge in [0.05, 0.1) is 5.56 Å². The Morgan fingerprint density at radius 2 is 1.65 bits per heavy atom. The van der Waals surface area contributed by atoms with Gasteiger partial charge in [-0.05, 0) is 92.8 Å². The number of piperidine rings is 1. The zero-order valence-corrected chi connectivity index (χ0v) is 24.3. The highest BCUT2D eigenvalue weighted by molar-refractivity contribution is 7.98. The highest BCUT2D eigenvalue weighted by Gasteiger charge is 2.24. The Hall–Kier alpha value is -3.49. The van der Waals surface area contributed by atoms with Crippen LogP contribution in [0.1, 0.15) is 42.1 Å². The number of hydrogen-bond donors (Lipinski definition) is 3. The summed E-state index contributed by atoms with van der Waals surface area (Å²) in [5.74, 6) is 0.485. The first kappa shape index (κ1) is 29.5. The van der Waals surface area contributed by atoms with Crippen LogP contribution in [0.5, 0.6) is 0 Å². The number of urea groups is 1. The molecule has 212 valence electrons. The Bertz CT molecular complexity index is 1230. The third-order valence-electron chi connectivity index (χ3n) is 7.12. The van der Waals surface area contributed by atoms with E-state index in [1.165, 1.54) is 5.56 Å². The number of amides is 3. The van der Waals surface area contributed by atoms with E-state index in [0.717, 1.165) is 49.4 Å². The van der Waals surface area contributed by atoms with E-state index < -0.39 is 0 Å². The summed E-state index contributed by atoms with van der Waals surface area (Å²) in [6.07, 6.45) is 5.98. The van der Waals surface area contributed by atoms with E-state index in [4.69, 9.17) is 4.74 Å². The molecule has 1 aliphatic rings. The van der Waals surface area contributed by atoms with Crippen molar-refractivity contribution >= 4 is 40.8 Å². The molecule has 0 radical (unpaired) electrons. The summed E-state index contributed by atoms with van der Waals surface area (Å²) in [6.45, 7) is 5.54. The number of anilines is 3. The topological polar surface area (TPSA) is 82.7 Å². The molecule has 1 aliphatic heterocycles. The second-order valence-electron chi connectivity index (χ2n) is 9.97. The fourth-order valence-electron chi connectivity index (χ4n) is 4.98. The second kappa shape index (κ2) is 15.3. The molecule has 3 amide bonds. The Balaban J connectivity index is 1.43. The molecular formula is C32H40N4O3S. The zero-order chi connectivity index (χ0) is 28.2. The first-order chi connectivity index (χ1) is 19.6. The average Bonchev–Trinajstić information content (AvgIpc) is 2.98. The van der Waals surface area contributed by atoms with E-state index in [1.807, 2.05) is 49.6 Å². The van der Waals surface area contributed by atoms with Crippen molar-refractivity contribution in [3.8, 4) is 0 Å². The van der Waals surface area contributed by atoms with Gasteiger partial charge in [-0.15, -0.1) is 11.8 Å². The van der Waals surface area contributed by atoms with Gasteiger partial charge in [-0.25, -0.2) is 4.79 Å². The van der Waals surface area contributed by atoms with Gasteiger partial charge in [-0.1, -0.05) is 30.3 Å². The molecule has 1 saturated heterocycles. The van der Waals surface area contributed by atoms with Crippen molar-refractivity contribution in [3.05, 3.63) is 83.9 Å². The lowest BCUT2D eigenvalue weighted by molar-refractivity contribution is 0.0944. The maximum atomic E-state index is 13.3. The fraction of sp³-hybridized carbons (Fsp3) is 0.375. The van der Waals surface area contributed by atoms with Crippen LogP contribution in [-0.4, -0.2) is 51.0 Å². The molecule has 4 rings (SSSR count). The first-order valence-electron chi connectivity index (χ1n) is 14.1. The minimum absolute atomic E-state index is 0.144. The smallest absolute Gasteiger partial charge is 0.323 e. The van der Waals surface area contributed by atoms with Crippen LogP contribution >= 0.6 is 11.8 Å². The number of nitrogens with zero attached hydrogens (tertiary/aromatic N) is 1. The second-order valence-corrected chi connectivity index (χ2v) is 10.8. The third-order valence-corrected chi connectivity index (χ3v) is 7.87. The average molecular weight is 561 g/mol. The Morgan fingerprint density at radius 1 is 0.950 bits per heavy atom. The molecule has 0 bridgehead atoms. The summed E-state index contributed by atoms with van der Waals surface area (Å²) in [5, 5.41) is 8.79. The van der Waals surface area contributed by atoms with Gasteiger partial charge >= 0.3 is 6.03 Å². The molecule has 1 heterocycles. The van der Waals surface area contributed by atoms with Gasteiger partial charge in [0.15, 0.2) is 0 Å². The lowest BCUT2D eigenvalue weighted by Gasteiger charge is -2.35. The highest BCUT2D eigenvalue weighted by atomic mass is 32.2. The lowest BCUT2D eigenvalue weighted by atomic mass is 9.89. The van der Waals surface area contributed by atoms with Gasteiger partial charge in [0, 0.05) is 54.8 Å². The number of benzene rings is 3. The quantitative estimate of drug-likeness (QED) is 0.170. The van der Waals surface area contributed by atoms with Crippen LogP contribution in [0.15, 0.2) is 77.7 Å². The van der Waals surface area contributed by atoms with Crippen LogP contribution < -0.4 is 20.9 Å². The predicted molar refractivity (Wildman–Crippen MR) is 166 cm³/mol. The molecule has 0 aromatic heterocycles. The Kier molecular flexibility index (Phi) is 11.3. The van der Waals surface area contributed by atoms with E-state index in [1.54, 1.807) is 17.8 Å². The Morgan fingerprint density at radius 3 is 2.35 bits per heavy atom. The third kappa shape index (κ3) is 8.76.